The van der Waals surface area contributed by atoms with Crippen LogP contribution in [0.1, 0.15) is 52.2 Å². The zero-order valence-electron chi connectivity index (χ0n) is 23.8. The van der Waals surface area contributed by atoms with Gasteiger partial charge in [-0.15, -0.1) is 0 Å². The van der Waals surface area contributed by atoms with Gasteiger partial charge < -0.3 is 24.4 Å². The lowest BCUT2D eigenvalue weighted by atomic mass is 9.71. The normalized spacial score (nSPS) is 19.3. The van der Waals surface area contributed by atoms with E-state index in [0.717, 1.165) is 39.9 Å². The lowest BCUT2D eigenvalue weighted by Crippen LogP contribution is -2.50. The van der Waals surface area contributed by atoms with Crippen LogP contribution in [0.15, 0.2) is 72.8 Å². The molecule has 2 atom stereocenters. The lowest BCUT2D eigenvalue weighted by molar-refractivity contribution is -0.113. The topological polar surface area (TPSA) is 70.1 Å². The summed E-state index contributed by atoms with van der Waals surface area (Å²) in [6, 6.07) is 23.8. The van der Waals surface area contributed by atoms with Crippen molar-refractivity contribution in [1.29, 1.82) is 0 Å². The standard InChI is InChI=1S/C33H40N2O4/c1-23(2)30-33(22-37,18-19-35(30)31(38)39-32(3,4)5)28-12-7-8-13-29(28)34(6)27-11-9-10-26(20-27)25-16-14-24(21-36)15-17-25/h7-17,20,22-23,30,36H,18-19,21H2,1-6H3. The first-order valence-electron chi connectivity index (χ1n) is 13.6. The molecule has 1 saturated heterocycles. The fraction of sp³-hybridized carbons (Fsp3) is 0.394. The molecular formula is C33H40N2O4. The van der Waals surface area contributed by atoms with Crippen LogP contribution in [0.5, 0.6) is 0 Å². The highest BCUT2D eigenvalue weighted by molar-refractivity contribution is 5.82. The van der Waals surface area contributed by atoms with Gasteiger partial charge in [-0.2, -0.15) is 0 Å². The van der Waals surface area contributed by atoms with Crippen molar-refractivity contribution in [3.8, 4) is 11.1 Å². The van der Waals surface area contributed by atoms with E-state index in [4.69, 9.17) is 4.74 Å². The van der Waals surface area contributed by atoms with E-state index in [1.54, 1.807) is 4.90 Å². The lowest BCUT2D eigenvalue weighted by Gasteiger charge is -2.39. The van der Waals surface area contributed by atoms with Crippen LogP contribution in [-0.4, -0.2) is 47.6 Å². The SMILES string of the molecule is CC(C)C1N(C(=O)OC(C)(C)C)CCC1(C=O)c1ccccc1N(C)c1cccc(-c2ccc(CO)cc2)c1. The number of benzene rings is 3. The summed E-state index contributed by atoms with van der Waals surface area (Å²) in [5.41, 5.74) is 4.32. The Morgan fingerprint density at radius 1 is 1.08 bits per heavy atom. The van der Waals surface area contributed by atoms with Gasteiger partial charge in [0.15, 0.2) is 0 Å². The predicted octanol–water partition coefficient (Wildman–Crippen LogP) is 6.72. The summed E-state index contributed by atoms with van der Waals surface area (Å²) in [7, 11) is 2.01. The van der Waals surface area contributed by atoms with Crippen LogP contribution < -0.4 is 4.90 Å². The fourth-order valence-corrected chi connectivity index (χ4v) is 5.83. The molecule has 1 N–H and O–H groups in total. The summed E-state index contributed by atoms with van der Waals surface area (Å²) in [6.07, 6.45) is 1.20. The zero-order valence-corrected chi connectivity index (χ0v) is 23.8. The van der Waals surface area contributed by atoms with E-state index < -0.39 is 11.0 Å². The molecule has 1 heterocycles. The Morgan fingerprint density at radius 3 is 2.38 bits per heavy atom. The van der Waals surface area contributed by atoms with Gasteiger partial charge >= 0.3 is 6.09 Å². The Hall–Kier alpha value is -3.64. The van der Waals surface area contributed by atoms with Gasteiger partial charge in [0.1, 0.15) is 11.9 Å². The van der Waals surface area contributed by atoms with Crippen molar-refractivity contribution in [2.24, 2.45) is 5.92 Å². The molecule has 3 aromatic carbocycles. The monoisotopic (exact) mass is 528 g/mol. The Labute approximate surface area is 232 Å². The molecule has 1 aliphatic rings. The number of hydrogen-bond acceptors (Lipinski definition) is 5. The maximum absolute atomic E-state index is 13.2. The minimum Gasteiger partial charge on any atom is -0.444 e. The molecule has 39 heavy (non-hydrogen) atoms. The van der Waals surface area contributed by atoms with E-state index in [2.05, 4.69) is 36.9 Å². The van der Waals surface area contributed by atoms with E-state index in [0.29, 0.717) is 13.0 Å². The number of rotatable bonds is 7. The highest BCUT2D eigenvalue weighted by Gasteiger charge is 2.53. The first kappa shape index (κ1) is 28.4. The minimum atomic E-state index is -0.867. The first-order valence-corrected chi connectivity index (χ1v) is 13.6. The number of carbonyl (C=O) groups excluding carboxylic acids is 2. The maximum Gasteiger partial charge on any atom is 0.410 e. The summed E-state index contributed by atoms with van der Waals surface area (Å²) in [6.45, 7) is 10.2. The number of likely N-dealkylation sites (tertiary alicyclic amines) is 1. The summed E-state index contributed by atoms with van der Waals surface area (Å²) in [5.74, 6) is 0.0359. The maximum atomic E-state index is 13.2. The molecule has 1 amide bonds. The second-order valence-corrected chi connectivity index (χ2v) is 11.8. The largest absolute Gasteiger partial charge is 0.444 e. The van der Waals surface area contributed by atoms with E-state index in [1.807, 2.05) is 82.4 Å². The third kappa shape index (κ3) is 5.71. The molecule has 6 nitrogen and oxygen atoms in total. The molecule has 4 rings (SSSR count). The van der Waals surface area contributed by atoms with Crippen LogP contribution in [0, 0.1) is 5.92 Å². The third-order valence-corrected chi connectivity index (χ3v) is 7.57. The number of carbonyl (C=O) groups is 2. The number of para-hydroxylation sites is 1. The van der Waals surface area contributed by atoms with E-state index >= 15 is 0 Å². The van der Waals surface area contributed by atoms with Gasteiger partial charge in [-0.3, -0.25) is 0 Å². The number of anilines is 2. The summed E-state index contributed by atoms with van der Waals surface area (Å²) < 4.78 is 5.74. The van der Waals surface area contributed by atoms with Crippen molar-refractivity contribution >= 4 is 23.8 Å². The van der Waals surface area contributed by atoms with Crippen molar-refractivity contribution in [1.82, 2.24) is 4.90 Å². The number of aldehydes is 1. The highest BCUT2D eigenvalue weighted by Crippen LogP contribution is 2.46. The van der Waals surface area contributed by atoms with Crippen LogP contribution >= 0.6 is 0 Å². The molecule has 0 aromatic heterocycles. The second-order valence-electron chi connectivity index (χ2n) is 11.8. The third-order valence-electron chi connectivity index (χ3n) is 7.57. The molecule has 2 unspecified atom stereocenters. The van der Waals surface area contributed by atoms with Crippen molar-refractivity contribution < 1.29 is 19.4 Å². The quantitative estimate of drug-likeness (QED) is 0.345. The van der Waals surface area contributed by atoms with Crippen LogP contribution in [0.4, 0.5) is 16.2 Å². The molecule has 0 spiro atoms. The predicted molar refractivity (Wildman–Crippen MR) is 156 cm³/mol. The smallest absolute Gasteiger partial charge is 0.410 e. The van der Waals surface area contributed by atoms with Crippen molar-refractivity contribution in [3.63, 3.8) is 0 Å². The Morgan fingerprint density at radius 2 is 1.77 bits per heavy atom. The molecule has 1 aliphatic heterocycles. The first-order chi connectivity index (χ1) is 18.5. The number of hydrogen-bond donors (Lipinski definition) is 1. The van der Waals surface area contributed by atoms with Gasteiger partial charge in [-0.25, -0.2) is 4.79 Å². The summed E-state index contributed by atoms with van der Waals surface area (Å²) >= 11 is 0. The van der Waals surface area contributed by atoms with Crippen molar-refractivity contribution in [2.75, 3.05) is 18.5 Å². The number of nitrogens with zero attached hydrogens (tertiary/aromatic N) is 2. The Balaban J connectivity index is 1.74. The zero-order chi connectivity index (χ0) is 28.4. The molecule has 0 bridgehead atoms. The average Bonchev–Trinajstić information content (AvgIpc) is 3.33. The molecule has 206 valence electrons. The van der Waals surface area contributed by atoms with Crippen LogP contribution in [-0.2, 0) is 21.6 Å². The number of ether oxygens (including phenoxy) is 1. The van der Waals surface area contributed by atoms with Crippen molar-refractivity contribution in [2.45, 2.75) is 64.7 Å². The van der Waals surface area contributed by atoms with Crippen LogP contribution in [0.2, 0.25) is 0 Å². The van der Waals surface area contributed by atoms with Gasteiger partial charge in [0, 0.05) is 25.0 Å². The van der Waals surface area contributed by atoms with E-state index in [9.17, 15) is 14.7 Å². The van der Waals surface area contributed by atoms with Gasteiger partial charge in [-0.05, 0) is 73.6 Å². The summed E-state index contributed by atoms with van der Waals surface area (Å²) in [5, 5.41) is 9.39. The molecule has 0 saturated carbocycles. The Kier molecular flexibility index (Phi) is 8.17. The molecular weight excluding hydrogens is 488 g/mol. The molecule has 0 radical (unpaired) electrons. The average molecular weight is 529 g/mol. The van der Waals surface area contributed by atoms with Crippen molar-refractivity contribution in [3.05, 3.63) is 83.9 Å². The molecule has 6 heteroatoms. The van der Waals surface area contributed by atoms with E-state index in [-0.39, 0.29) is 24.7 Å². The summed E-state index contributed by atoms with van der Waals surface area (Å²) in [4.78, 5) is 30.2. The molecule has 3 aromatic rings. The number of aliphatic hydroxyl groups is 1. The minimum absolute atomic E-state index is 0.0149. The number of amides is 1. The highest BCUT2D eigenvalue weighted by atomic mass is 16.6. The van der Waals surface area contributed by atoms with Gasteiger partial charge in [0.25, 0.3) is 0 Å². The van der Waals surface area contributed by atoms with Gasteiger partial charge in [0.2, 0.25) is 0 Å². The fourth-order valence-electron chi connectivity index (χ4n) is 5.83. The Bertz CT molecular complexity index is 1310. The van der Waals surface area contributed by atoms with Gasteiger partial charge in [0.05, 0.1) is 18.1 Å². The van der Waals surface area contributed by atoms with Gasteiger partial charge in [-0.1, -0.05) is 68.4 Å². The number of aliphatic hydroxyl groups excluding tert-OH is 1. The molecule has 0 aliphatic carbocycles. The second kappa shape index (κ2) is 11.2. The van der Waals surface area contributed by atoms with Crippen LogP contribution in [0.3, 0.4) is 0 Å². The molecule has 1 fully saturated rings. The van der Waals surface area contributed by atoms with E-state index in [1.165, 1.54) is 0 Å². The van der Waals surface area contributed by atoms with Crippen LogP contribution in [0.25, 0.3) is 11.1 Å².